The minimum atomic E-state index is -0.240. The largest absolute Gasteiger partial charge is 0.378 e. The second-order valence-electron chi connectivity index (χ2n) is 7.54. The number of amides is 1. The summed E-state index contributed by atoms with van der Waals surface area (Å²) in [5.74, 6) is 0.919. The molecule has 2 aliphatic rings. The van der Waals surface area contributed by atoms with Gasteiger partial charge in [-0.25, -0.2) is 0 Å². The maximum absolute atomic E-state index is 12.9. The average Bonchev–Trinajstić information content (AvgIpc) is 3.17. The fraction of sp³-hybridized carbons (Fsp3) is 0.571. The predicted octanol–water partition coefficient (Wildman–Crippen LogP) is 2.81. The van der Waals surface area contributed by atoms with Crippen molar-refractivity contribution in [2.45, 2.75) is 56.1 Å². The molecule has 2 aromatic rings. The van der Waals surface area contributed by atoms with Gasteiger partial charge in [0.1, 0.15) is 0 Å². The van der Waals surface area contributed by atoms with Gasteiger partial charge in [0.25, 0.3) is 0 Å². The van der Waals surface area contributed by atoms with Crippen LogP contribution in [0.15, 0.2) is 29.4 Å². The summed E-state index contributed by atoms with van der Waals surface area (Å²) in [7, 11) is 0. The van der Waals surface area contributed by atoms with E-state index in [-0.39, 0.29) is 17.2 Å². The van der Waals surface area contributed by atoms with Crippen LogP contribution >= 0.6 is 11.8 Å². The standard InChI is InChI=1S/C21H29N5O2S/c1-3-26-20(25-11-13-28-14-12-25)23-24-21(26)29-15(2)19(27)22-18-10-6-8-16-7-4-5-9-17(16)18/h4-5,7,9,15,18H,3,6,8,10-14H2,1-2H3,(H,22,27)/t15-,18-/m1/s1. The number of nitrogens with zero attached hydrogens (tertiary/aromatic N) is 4. The molecule has 29 heavy (non-hydrogen) atoms. The van der Waals surface area contributed by atoms with Crippen LogP contribution in [0.5, 0.6) is 0 Å². The van der Waals surface area contributed by atoms with Gasteiger partial charge in [0.15, 0.2) is 5.16 Å². The van der Waals surface area contributed by atoms with Crippen LogP contribution < -0.4 is 10.2 Å². The molecule has 7 nitrogen and oxygen atoms in total. The Labute approximate surface area is 176 Å². The zero-order valence-corrected chi connectivity index (χ0v) is 18.0. The number of aromatic nitrogens is 3. The topological polar surface area (TPSA) is 72.3 Å². The van der Waals surface area contributed by atoms with E-state index in [0.29, 0.717) is 13.2 Å². The van der Waals surface area contributed by atoms with E-state index in [4.69, 9.17) is 4.74 Å². The minimum Gasteiger partial charge on any atom is -0.378 e. The Hall–Kier alpha value is -2.06. The molecule has 1 fully saturated rings. The fourth-order valence-corrected chi connectivity index (χ4v) is 4.96. The molecule has 1 amide bonds. The second kappa shape index (κ2) is 9.17. The number of aryl methyl sites for hydroxylation is 1. The van der Waals surface area contributed by atoms with Gasteiger partial charge >= 0.3 is 0 Å². The smallest absolute Gasteiger partial charge is 0.233 e. The van der Waals surface area contributed by atoms with E-state index in [9.17, 15) is 4.79 Å². The number of nitrogens with one attached hydrogen (secondary N) is 1. The van der Waals surface area contributed by atoms with Crippen LogP contribution in [0.3, 0.4) is 0 Å². The third-order valence-corrected chi connectivity index (χ3v) is 6.73. The van der Waals surface area contributed by atoms with Crippen LogP contribution in [0, 0.1) is 0 Å². The summed E-state index contributed by atoms with van der Waals surface area (Å²) in [6.07, 6.45) is 3.19. The van der Waals surface area contributed by atoms with Gasteiger partial charge in [-0.2, -0.15) is 0 Å². The van der Waals surface area contributed by atoms with Crippen molar-refractivity contribution in [1.82, 2.24) is 20.1 Å². The van der Waals surface area contributed by atoms with E-state index in [1.807, 2.05) is 6.92 Å². The molecule has 1 saturated heterocycles. The molecule has 0 bridgehead atoms. The maximum atomic E-state index is 12.9. The number of fused-ring (bicyclic) bond motifs is 1. The van der Waals surface area contributed by atoms with Gasteiger partial charge in [-0.1, -0.05) is 36.0 Å². The molecule has 8 heteroatoms. The molecule has 0 unspecified atom stereocenters. The first kappa shape index (κ1) is 20.2. The SMILES string of the molecule is CCn1c(S[C@H](C)C(=O)N[C@@H]2CCCc3ccccc32)nnc1N1CCOCC1. The van der Waals surface area contributed by atoms with Gasteiger partial charge < -0.3 is 15.0 Å². The number of rotatable bonds is 6. The lowest BCUT2D eigenvalue weighted by Gasteiger charge is -2.28. The van der Waals surface area contributed by atoms with Gasteiger partial charge in [0.2, 0.25) is 11.9 Å². The Morgan fingerprint density at radius 2 is 2.10 bits per heavy atom. The van der Waals surface area contributed by atoms with Crippen LogP contribution in [-0.4, -0.2) is 52.2 Å². The minimum absolute atomic E-state index is 0.0512. The Morgan fingerprint density at radius 1 is 1.31 bits per heavy atom. The number of ether oxygens (including phenoxy) is 1. The molecule has 2 heterocycles. The lowest BCUT2D eigenvalue weighted by atomic mass is 9.88. The monoisotopic (exact) mass is 415 g/mol. The third-order valence-electron chi connectivity index (χ3n) is 5.64. The van der Waals surface area contributed by atoms with Gasteiger partial charge in [0.05, 0.1) is 24.5 Å². The number of carbonyl (C=O) groups is 1. The van der Waals surface area contributed by atoms with Gasteiger partial charge in [-0.05, 0) is 44.2 Å². The Bertz CT molecular complexity index is 849. The molecule has 0 radical (unpaired) electrons. The Kier molecular flexibility index (Phi) is 6.40. The zero-order chi connectivity index (χ0) is 20.2. The Balaban J connectivity index is 1.42. The number of carbonyl (C=O) groups excluding carboxylic acids is 1. The first-order valence-corrected chi connectivity index (χ1v) is 11.4. The van der Waals surface area contributed by atoms with E-state index < -0.39 is 0 Å². The van der Waals surface area contributed by atoms with E-state index in [1.54, 1.807) is 0 Å². The van der Waals surface area contributed by atoms with Crippen LogP contribution in [0.4, 0.5) is 5.95 Å². The van der Waals surface area contributed by atoms with Crippen molar-refractivity contribution in [3.63, 3.8) is 0 Å². The van der Waals surface area contributed by atoms with E-state index in [2.05, 4.69) is 56.2 Å². The second-order valence-corrected chi connectivity index (χ2v) is 8.85. The van der Waals surface area contributed by atoms with Crippen molar-refractivity contribution in [2.24, 2.45) is 0 Å². The number of morpholine rings is 1. The molecule has 1 aliphatic carbocycles. The highest BCUT2D eigenvalue weighted by Gasteiger charge is 2.26. The van der Waals surface area contributed by atoms with Crippen molar-refractivity contribution in [1.29, 1.82) is 0 Å². The first-order chi connectivity index (χ1) is 14.2. The quantitative estimate of drug-likeness (QED) is 0.732. The lowest BCUT2D eigenvalue weighted by Crippen LogP contribution is -2.38. The van der Waals surface area contributed by atoms with Crippen LogP contribution in [0.25, 0.3) is 0 Å². The van der Waals surface area contributed by atoms with Gasteiger partial charge in [0, 0.05) is 19.6 Å². The molecular formula is C21H29N5O2S. The van der Waals surface area contributed by atoms with Crippen molar-refractivity contribution >= 4 is 23.6 Å². The lowest BCUT2D eigenvalue weighted by molar-refractivity contribution is -0.121. The normalized spacial score (nSPS) is 20.2. The maximum Gasteiger partial charge on any atom is 0.233 e. The predicted molar refractivity (Wildman–Crippen MR) is 114 cm³/mol. The number of hydrogen-bond donors (Lipinski definition) is 1. The molecule has 1 aromatic carbocycles. The van der Waals surface area contributed by atoms with Crippen LogP contribution in [-0.2, 0) is 22.5 Å². The third kappa shape index (κ3) is 4.43. The summed E-state index contributed by atoms with van der Waals surface area (Å²) in [4.78, 5) is 15.1. The Morgan fingerprint density at radius 3 is 2.90 bits per heavy atom. The fourth-order valence-electron chi connectivity index (χ4n) is 4.05. The van der Waals surface area contributed by atoms with Crippen molar-refractivity contribution < 1.29 is 9.53 Å². The molecule has 0 spiro atoms. The van der Waals surface area contributed by atoms with Gasteiger partial charge in [-0.3, -0.25) is 9.36 Å². The summed E-state index contributed by atoms with van der Waals surface area (Å²) < 4.78 is 7.53. The van der Waals surface area contributed by atoms with Crippen molar-refractivity contribution in [3.05, 3.63) is 35.4 Å². The van der Waals surface area contributed by atoms with Crippen molar-refractivity contribution in [3.8, 4) is 0 Å². The van der Waals surface area contributed by atoms with E-state index >= 15 is 0 Å². The number of benzene rings is 1. The van der Waals surface area contributed by atoms with E-state index in [1.165, 1.54) is 22.9 Å². The zero-order valence-electron chi connectivity index (χ0n) is 17.1. The molecule has 2 atom stereocenters. The molecule has 156 valence electrons. The van der Waals surface area contributed by atoms with E-state index in [0.717, 1.165) is 50.0 Å². The van der Waals surface area contributed by atoms with Crippen molar-refractivity contribution in [2.75, 3.05) is 31.2 Å². The summed E-state index contributed by atoms with van der Waals surface area (Å²) in [6.45, 7) is 7.85. The highest BCUT2D eigenvalue weighted by molar-refractivity contribution is 8.00. The molecular weight excluding hydrogens is 386 g/mol. The average molecular weight is 416 g/mol. The summed E-state index contributed by atoms with van der Waals surface area (Å²) in [6, 6.07) is 8.54. The molecule has 1 aliphatic heterocycles. The van der Waals surface area contributed by atoms with Crippen LogP contribution in [0.2, 0.25) is 0 Å². The summed E-state index contributed by atoms with van der Waals surface area (Å²) in [5, 5.41) is 12.6. The highest BCUT2D eigenvalue weighted by Crippen LogP contribution is 2.31. The molecule has 1 aromatic heterocycles. The first-order valence-electron chi connectivity index (χ1n) is 10.5. The molecule has 1 N–H and O–H groups in total. The molecule has 4 rings (SSSR count). The summed E-state index contributed by atoms with van der Waals surface area (Å²) in [5.41, 5.74) is 2.61. The van der Waals surface area contributed by atoms with Crippen LogP contribution in [0.1, 0.15) is 43.9 Å². The van der Waals surface area contributed by atoms with Gasteiger partial charge in [-0.15, -0.1) is 10.2 Å². The number of thioether (sulfide) groups is 1. The number of hydrogen-bond acceptors (Lipinski definition) is 6. The molecule has 0 saturated carbocycles. The highest BCUT2D eigenvalue weighted by atomic mass is 32.2. The summed E-state index contributed by atoms with van der Waals surface area (Å²) >= 11 is 1.48. The number of anilines is 1.